The fourth-order valence-corrected chi connectivity index (χ4v) is 5.55. The maximum absolute atomic E-state index is 12.9. The molecule has 158 valence electrons. The van der Waals surface area contributed by atoms with Crippen molar-refractivity contribution in [1.82, 2.24) is 10.2 Å². The molecule has 29 heavy (non-hydrogen) atoms. The van der Waals surface area contributed by atoms with E-state index in [0.717, 1.165) is 23.3 Å². The van der Waals surface area contributed by atoms with Crippen molar-refractivity contribution in [3.8, 4) is 0 Å². The van der Waals surface area contributed by atoms with Crippen LogP contribution in [0, 0.1) is 5.92 Å². The third kappa shape index (κ3) is 5.34. The molecule has 3 atom stereocenters. The van der Waals surface area contributed by atoms with Gasteiger partial charge in [0.2, 0.25) is 5.91 Å². The molecular formula is C21H27ClN2O4S. The summed E-state index contributed by atoms with van der Waals surface area (Å²) in [6, 6.07) is 7.53. The van der Waals surface area contributed by atoms with Gasteiger partial charge < -0.3 is 19.7 Å². The van der Waals surface area contributed by atoms with Crippen molar-refractivity contribution in [2.45, 2.75) is 36.8 Å². The van der Waals surface area contributed by atoms with Crippen molar-refractivity contribution in [3.63, 3.8) is 0 Å². The van der Waals surface area contributed by atoms with Crippen LogP contribution < -0.4 is 5.32 Å². The average Bonchev–Trinajstić information content (AvgIpc) is 2.72. The van der Waals surface area contributed by atoms with Gasteiger partial charge in [0.15, 0.2) is 6.29 Å². The van der Waals surface area contributed by atoms with E-state index in [2.05, 4.69) is 5.32 Å². The van der Waals surface area contributed by atoms with E-state index in [0.29, 0.717) is 18.0 Å². The van der Waals surface area contributed by atoms with Crippen molar-refractivity contribution in [2.75, 3.05) is 27.8 Å². The van der Waals surface area contributed by atoms with E-state index in [1.54, 1.807) is 30.9 Å². The van der Waals surface area contributed by atoms with Crippen LogP contribution in [-0.2, 0) is 19.1 Å². The van der Waals surface area contributed by atoms with Crippen LogP contribution in [0.3, 0.4) is 0 Å². The van der Waals surface area contributed by atoms with Gasteiger partial charge in [-0.3, -0.25) is 9.59 Å². The zero-order valence-corrected chi connectivity index (χ0v) is 18.5. The molecule has 0 radical (unpaired) electrons. The zero-order valence-electron chi connectivity index (χ0n) is 16.9. The first-order chi connectivity index (χ1) is 13.9. The molecule has 3 unspecified atom stereocenters. The molecule has 1 saturated carbocycles. The maximum Gasteiger partial charge on any atom is 0.260 e. The van der Waals surface area contributed by atoms with E-state index < -0.39 is 6.29 Å². The molecule has 0 bridgehead atoms. The van der Waals surface area contributed by atoms with Crippen molar-refractivity contribution in [1.29, 1.82) is 0 Å². The smallest absolute Gasteiger partial charge is 0.260 e. The number of methoxy groups -OCH3 is 2. The highest BCUT2D eigenvalue weighted by Gasteiger charge is 2.42. The molecule has 1 aliphatic carbocycles. The number of hydrogen-bond donors (Lipinski definition) is 1. The van der Waals surface area contributed by atoms with Gasteiger partial charge in [-0.2, -0.15) is 0 Å². The van der Waals surface area contributed by atoms with Crippen LogP contribution in [0.4, 0.5) is 0 Å². The molecule has 1 heterocycles. The minimum absolute atomic E-state index is 0.00360. The lowest BCUT2D eigenvalue weighted by Crippen LogP contribution is -2.52. The predicted molar refractivity (Wildman–Crippen MR) is 116 cm³/mol. The number of nitrogens with zero attached hydrogens (tertiary/aromatic N) is 1. The number of thioether (sulfide) groups is 1. The number of hydrogen-bond acceptors (Lipinski definition) is 5. The topological polar surface area (TPSA) is 67.9 Å². The highest BCUT2D eigenvalue weighted by molar-refractivity contribution is 8.04. The van der Waals surface area contributed by atoms with E-state index in [4.69, 9.17) is 21.1 Å². The average molecular weight is 439 g/mol. The van der Waals surface area contributed by atoms with Gasteiger partial charge >= 0.3 is 0 Å². The van der Waals surface area contributed by atoms with Crippen LogP contribution in [0.25, 0.3) is 6.08 Å². The van der Waals surface area contributed by atoms with Gasteiger partial charge in [0, 0.05) is 43.5 Å². The van der Waals surface area contributed by atoms with E-state index in [1.807, 2.05) is 37.4 Å². The molecule has 1 N–H and O–H groups in total. The molecule has 8 heteroatoms. The van der Waals surface area contributed by atoms with Crippen LogP contribution in [0.2, 0.25) is 5.02 Å². The van der Waals surface area contributed by atoms with Crippen LogP contribution in [0.15, 0.2) is 29.2 Å². The van der Waals surface area contributed by atoms with Gasteiger partial charge in [0.1, 0.15) is 0 Å². The molecule has 3 rings (SSSR count). The lowest BCUT2D eigenvalue weighted by Gasteiger charge is -2.44. The van der Waals surface area contributed by atoms with Crippen LogP contribution >= 0.6 is 23.4 Å². The predicted octanol–water partition coefficient (Wildman–Crippen LogP) is 3.16. The Hall–Kier alpha value is -1.54. The van der Waals surface area contributed by atoms with E-state index in [-0.39, 0.29) is 29.0 Å². The van der Waals surface area contributed by atoms with Gasteiger partial charge in [-0.05, 0) is 43.0 Å². The van der Waals surface area contributed by atoms with E-state index >= 15 is 0 Å². The van der Waals surface area contributed by atoms with Gasteiger partial charge in [-0.25, -0.2) is 0 Å². The number of benzene rings is 1. The Kier molecular flexibility index (Phi) is 7.62. The van der Waals surface area contributed by atoms with Gasteiger partial charge in [-0.15, -0.1) is 11.8 Å². The Morgan fingerprint density at radius 3 is 2.83 bits per heavy atom. The van der Waals surface area contributed by atoms with Crippen molar-refractivity contribution in [3.05, 3.63) is 39.8 Å². The Balaban J connectivity index is 1.65. The number of fused-ring (bicyclic) bond motifs is 1. The number of amides is 2. The highest BCUT2D eigenvalue weighted by atomic mass is 35.5. The Labute approximate surface area is 180 Å². The number of carbonyl (C=O) groups is 2. The quantitative estimate of drug-likeness (QED) is 0.545. The number of rotatable bonds is 6. The molecule has 1 aromatic rings. The first-order valence-corrected chi connectivity index (χ1v) is 10.9. The standard InChI is InChI=1S/C21H27ClN2O4S/c1-24-16-11-14(20(25)23-12-19(27-2)28-3)7-8-17(16)29-18(21(24)26)10-13-5-4-6-15(22)9-13/h4-6,9-10,14,16-17,19H,7-8,11-12H2,1-3H3,(H,23,25)/b18-10-. The summed E-state index contributed by atoms with van der Waals surface area (Å²) in [5, 5.41) is 3.84. The lowest BCUT2D eigenvalue weighted by molar-refractivity contribution is -0.134. The summed E-state index contributed by atoms with van der Waals surface area (Å²) in [4.78, 5) is 28.0. The number of nitrogens with one attached hydrogen (secondary N) is 1. The summed E-state index contributed by atoms with van der Waals surface area (Å²) >= 11 is 7.69. The first kappa shape index (κ1) is 22.2. The molecule has 2 aliphatic rings. The monoisotopic (exact) mass is 438 g/mol. The third-order valence-corrected chi connectivity index (χ3v) is 7.18. The minimum atomic E-state index is -0.455. The lowest BCUT2D eigenvalue weighted by atomic mass is 9.83. The molecule has 6 nitrogen and oxygen atoms in total. The molecule has 2 amide bonds. The fraction of sp³-hybridized carbons (Fsp3) is 0.524. The molecule has 2 fully saturated rings. The largest absolute Gasteiger partial charge is 0.354 e. The molecule has 1 aromatic carbocycles. The second-order valence-electron chi connectivity index (χ2n) is 7.36. The fourth-order valence-electron chi connectivity index (χ4n) is 3.87. The van der Waals surface area contributed by atoms with Crippen molar-refractivity contribution < 1.29 is 19.1 Å². The van der Waals surface area contributed by atoms with Gasteiger partial charge in [0.25, 0.3) is 5.91 Å². The summed E-state index contributed by atoms with van der Waals surface area (Å²) in [6.07, 6.45) is 3.80. The second kappa shape index (κ2) is 9.98. The Morgan fingerprint density at radius 2 is 2.14 bits per heavy atom. The van der Waals surface area contributed by atoms with Crippen LogP contribution in [0.5, 0.6) is 0 Å². The first-order valence-electron chi connectivity index (χ1n) is 9.67. The zero-order chi connectivity index (χ0) is 21.0. The Morgan fingerprint density at radius 1 is 1.38 bits per heavy atom. The van der Waals surface area contributed by atoms with Crippen molar-refractivity contribution >= 4 is 41.3 Å². The molecular weight excluding hydrogens is 412 g/mol. The summed E-state index contributed by atoms with van der Waals surface area (Å²) < 4.78 is 10.2. The highest BCUT2D eigenvalue weighted by Crippen LogP contribution is 2.43. The number of ether oxygens (including phenoxy) is 2. The van der Waals surface area contributed by atoms with Gasteiger partial charge in [0.05, 0.1) is 11.4 Å². The molecule has 0 spiro atoms. The molecule has 1 saturated heterocycles. The summed E-state index contributed by atoms with van der Waals surface area (Å²) in [5.74, 6) is -0.121. The SMILES string of the molecule is COC(CNC(=O)C1CCC2S/C(=C\c3cccc(Cl)c3)C(=O)N(C)C2C1)OC. The van der Waals surface area contributed by atoms with Crippen LogP contribution in [0.1, 0.15) is 24.8 Å². The maximum atomic E-state index is 12.9. The second-order valence-corrected chi connectivity index (χ2v) is 9.08. The molecule has 1 aliphatic heterocycles. The number of likely N-dealkylation sites (N-methyl/N-ethyl adjacent to an activating group) is 1. The van der Waals surface area contributed by atoms with E-state index in [1.165, 1.54) is 0 Å². The minimum Gasteiger partial charge on any atom is -0.354 e. The number of halogens is 1. The van der Waals surface area contributed by atoms with Crippen LogP contribution in [-0.4, -0.2) is 62.1 Å². The third-order valence-electron chi connectivity index (χ3n) is 5.55. The van der Waals surface area contributed by atoms with Gasteiger partial charge in [-0.1, -0.05) is 23.7 Å². The van der Waals surface area contributed by atoms with E-state index in [9.17, 15) is 9.59 Å². The molecule has 0 aromatic heterocycles. The summed E-state index contributed by atoms with van der Waals surface area (Å²) in [5.41, 5.74) is 0.916. The number of carbonyl (C=O) groups excluding carboxylic acids is 2. The Bertz CT molecular complexity index is 784. The normalized spacial score (nSPS) is 26.0. The van der Waals surface area contributed by atoms with Crippen molar-refractivity contribution in [2.24, 2.45) is 5.92 Å². The summed E-state index contributed by atoms with van der Waals surface area (Å²) in [6.45, 7) is 0.312. The summed E-state index contributed by atoms with van der Waals surface area (Å²) in [7, 11) is 4.91.